The topological polar surface area (TPSA) is 69.9 Å². The number of nitrogens with zero attached hydrogens (tertiary/aromatic N) is 3. The summed E-state index contributed by atoms with van der Waals surface area (Å²) in [6.45, 7) is 4.65. The van der Waals surface area contributed by atoms with Crippen LogP contribution >= 0.6 is 0 Å². The van der Waals surface area contributed by atoms with Gasteiger partial charge >= 0.3 is 0 Å². The van der Waals surface area contributed by atoms with Crippen LogP contribution in [0.2, 0.25) is 0 Å². The van der Waals surface area contributed by atoms with Crippen molar-refractivity contribution >= 4 is 16.7 Å². The number of aromatic nitrogens is 3. The SMILES string of the molecule is CCc1nc2cc(N)ccc2n1Cc1cc(C)no1. The van der Waals surface area contributed by atoms with E-state index in [0.29, 0.717) is 6.54 Å². The second-order valence-electron chi connectivity index (χ2n) is 4.65. The molecule has 0 saturated carbocycles. The van der Waals surface area contributed by atoms with E-state index in [0.717, 1.165) is 40.4 Å². The fourth-order valence-electron chi connectivity index (χ4n) is 2.29. The lowest BCUT2D eigenvalue weighted by atomic mass is 10.3. The van der Waals surface area contributed by atoms with Crippen LogP contribution in [0.3, 0.4) is 0 Å². The highest BCUT2D eigenvalue weighted by Crippen LogP contribution is 2.21. The number of benzene rings is 1. The van der Waals surface area contributed by atoms with Crippen molar-refractivity contribution in [3.05, 3.63) is 41.5 Å². The van der Waals surface area contributed by atoms with Crippen LogP contribution in [0.4, 0.5) is 5.69 Å². The molecule has 0 aliphatic carbocycles. The summed E-state index contributed by atoms with van der Waals surface area (Å²) in [7, 11) is 0. The predicted octanol–water partition coefficient (Wildman–Crippen LogP) is 2.53. The van der Waals surface area contributed by atoms with Crippen LogP contribution in [-0.2, 0) is 13.0 Å². The largest absolute Gasteiger partial charge is 0.399 e. The molecule has 2 aromatic heterocycles. The number of anilines is 1. The lowest BCUT2D eigenvalue weighted by Gasteiger charge is -2.05. The van der Waals surface area contributed by atoms with Crippen molar-refractivity contribution in [2.24, 2.45) is 0 Å². The van der Waals surface area contributed by atoms with Gasteiger partial charge < -0.3 is 14.8 Å². The number of aryl methyl sites for hydroxylation is 2. The Morgan fingerprint density at radius 1 is 1.32 bits per heavy atom. The normalized spacial score (nSPS) is 11.3. The number of hydrogen-bond donors (Lipinski definition) is 1. The Kier molecular flexibility index (Phi) is 2.74. The predicted molar refractivity (Wildman–Crippen MR) is 73.9 cm³/mol. The number of nitrogens with two attached hydrogens (primary N) is 1. The molecule has 1 aromatic carbocycles. The third-order valence-corrected chi connectivity index (χ3v) is 3.16. The molecule has 0 unspecified atom stereocenters. The Hall–Kier alpha value is -2.30. The van der Waals surface area contributed by atoms with E-state index in [9.17, 15) is 0 Å². The molecule has 2 N–H and O–H groups in total. The molecule has 98 valence electrons. The number of hydrogen-bond acceptors (Lipinski definition) is 4. The highest BCUT2D eigenvalue weighted by Gasteiger charge is 2.12. The maximum absolute atomic E-state index is 5.80. The molecule has 19 heavy (non-hydrogen) atoms. The molecule has 5 nitrogen and oxygen atoms in total. The molecule has 0 amide bonds. The molecule has 0 bridgehead atoms. The molecule has 0 spiro atoms. The van der Waals surface area contributed by atoms with Crippen LogP contribution in [0.15, 0.2) is 28.8 Å². The maximum Gasteiger partial charge on any atom is 0.156 e. The van der Waals surface area contributed by atoms with Crippen LogP contribution in [-0.4, -0.2) is 14.7 Å². The zero-order chi connectivity index (χ0) is 13.4. The molecule has 3 rings (SSSR count). The van der Waals surface area contributed by atoms with Crippen LogP contribution in [0.25, 0.3) is 11.0 Å². The first-order valence-electron chi connectivity index (χ1n) is 6.34. The van der Waals surface area contributed by atoms with Gasteiger partial charge in [0, 0.05) is 18.2 Å². The van der Waals surface area contributed by atoms with Crippen molar-refractivity contribution < 1.29 is 4.52 Å². The van der Waals surface area contributed by atoms with Gasteiger partial charge in [0.1, 0.15) is 5.82 Å². The smallest absolute Gasteiger partial charge is 0.156 e. The average Bonchev–Trinajstić information content (AvgIpc) is 2.94. The van der Waals surface area contributed by atoms with Gasteiger partial charge in [-0.2, -0.15) is 0 Å². The molecule has 0 saturated heterocycles. The van der Waals surface area contributed by atoms with E-state index in [4.69, 9.17) is 10.3 Å². The Labute approximate surface area is 111 Å². The van der Waals surface area contributed by atoms with E-state index in [-0.39, 0.29) is 0 Å². The maximum atomic E-state index is 5.80. The molecule has 0 aliphatic heterocycles. The summed E-state index contributed by atoms with van der Waals surface area (Å²) >= 11 is 0. The lowest BCUT2D eigenvalue weighted by molar-refractivity contribution is 0.373. The van der Waals surface area contributed by atoms with Gasteiger partial charge in [-0.05, 0) is 25.1 Å². The third kappa shape index (κ3) is 2.07. The third-order valence-electron chi connectivity index (χ3n) is 3.16. The van der Waals surface area contributed by atoms with Gasteiger partial charge in [0.25, 0.3) is 0 Å². The molecule has 0 aliphatic rings. The molecule has 0 fully saturated rings. The van der Waals surface area contributed by atoms with Crippen molar-refractivity contribution in [2.45, 2.75) is 26.8 Å². The zero-order valence-electron chi connectivity index (χ0n) is 11.1. The minimum absolute atomic E-state index is 0.643. The first-order valence-corrected chi connectivity index (χ1v) is 6.34. The summed E-state index contributed by atoms with van der Waals surface area (Å²) in [6.07, 6.45) is 0.863. The van der Waals surface area contributed by atoms with Crippen LogP contribution in [0.1, 0.15) is 24.2 Å². The van der Waals surface area contributed by atoms with E-state index in [1.807, 2.05) is 31.2 Å². The molecule has 3 aromatic rings. The number of nitrogen functional groups attached to an aromatic ring is 1. The van der Waals surface area contributed by atoms with Gasteiger partial charge in [0.2, 0.25) is 0 Å². The summed E-state index contributed by atoms with van der Waals surface area (Å²) in [4.78, 5) is 4.62. The molecule has 0 atom stereocenters. The summed E-state index contributed by atoms with van der Waals surface area (Å²) in [6, 6.07) is 7.74. The van der Waals surface area contributed by atoms with Gasteiger partial charge in [-0.25, -0.2) is 4.98 Å². The highest BCUT2D eigenvalue weighted by atomic mass is 16.5. The van der Waals surface area contributed by atoms with Gasteiger partial charge in [0.15, 0.2) is 5.76 Å². The summed E-state index contributed by atoms with van der Waals surface area (Å²) in [5.74, 6) is 1.86. The van der Waals surface area contributed by atoms with Gasteiger partial charge in [-0.15, -0.1) is 0 Å². The van der Waals surface area contributed by atoms with Crippen LogP contribution < -0.4 is 5.73 Å². The Bertz CT molecular complexity index is 726. The van der Waals surface area contributed by atoms with Gasteiger partial charge in [0.05, 0.1) is 23.3 Å². The fraction of sp³-hybridized carbons (Fsp3) is 0.286. The van der Waals surface area contributed by atoms with E-state index >= 15 is 0 Å². The van der Waals surface area contributed by atoms with E-state index in [2.05, 4.69) is 21.6 Å². The summed E-state index contributed by atoms with van der Waals surface area (Å²) < 4.78 is 7.43. The average molecular weight is 256 g/mol. The second-order valence-corrected chi connectivity index (χ2v) is 4.65. The van der Waals surface area contributed by atoms with Gasteiger partial charge in [-0.3, -0.25) is 0 Å². The molecule has 5 heteroatoms. The number of imidazole rings is 1. The fourth-order valence-corrected chi connectivity index (χ4v) is 2.29. The first kappa shape index (κ1) is 11.8. The van der Waals surface area contributed by atoms with Crippen molar-refractivity contribution in [1.29, 1.82) is 0 Å². The van der Waals surface area contributed by atoms with Crippen molar-refractivity contribution in [2.75, 3.05) is 5.73 Å². The van der Waals surface area contributed by atoms with E-state index in [1.165, 1.54) is 0 Å². The molecular weight excluding hydrogens is 240 g/mol. The van der Waals surface area contributed by atoms with Crippen LogP contribution in [0, 0.1) is 6.92 Å². The monoisotopic (exact) mass is 256 g/mol. The quantitative estimate of drug-likeness (QED) is 0.731. The molecule has 0 radical (unpaired) electrons. The number of rotatable bonds is 3. The van der Waals surface area contributed by atoms with Crippen molar-refractivity contribution in [1.82, 2.24) is 14.7 Å². The first-order chi connectivity index (χ1) is 9.17. The Balaban J connectivity index is 2.10. The summed E-state index contributed by atoms with van der Waals surface area (Å²) in [5.41, 5.74) is 9.42. The zero-order valence-corrected chi connectivity index (χ0v) is 11.1. The minimum atomic E-state index is 0.643. The van der Waals surface area contributed by atoms with Crippen LogP contribution in [0.5, 0.6) is 0 Å². The lowest BCUT2D eigenvalue weighted by Crippen LogP contribution is -2.03. The molecule has 2 heterocycles. The standard InChI is InChI=1S/C14H16N4O/c1-3-14-16-12-7-10(15)4-5-13(12)18(14)8-11-6-9(2)17-19-11/h4-7H,3,8,15H2,1-2H3. The molecular formula is C14H16N4O. The number of fused-ring (bicyclic) bond motifs is 1. The highest BCUT2D eigenvalue weighted by molar-refractivity contribution is 5.79. The summed E-state index contributed by atoms with van der Waals surface area (Å²) in [5, 5.41) is 3.92. The van der Waals surface area contributed by atoms with E-state index < -0.39 is 0 Å². The van der Waals surface area contributed by atoms with Gasteiger partial charge in [-0.1, -0.05) is 12.1 Å². The van der Waals surface area contributed by atoms with Crippen molar-refractivity contribution in [3.8, 4) is 0 Å². The Morgan fingerprint density at radius 3 is 2.84 bits per heavy atom. The Morgan fingerprint density at radius 2 is 2.16 bits per heavy atom. The van der Waals surface area contributed by atoms with E-state index in [1.54, 1.807) is 0 Å². The minimum Gasteiger partial charge on any atom is -0.399 e. The second kappa shape index (κ2) is 4.42. The van der Waals surface area contributed by atoms with Crippen molar-refractivity contribution in [3.63, 3.8) is 0 Å².